The molecular formula is C12H18ClNO2. The van der Waals surface area contributed by atoms with Crippen molar-refractivity contribution in [3.05, 3.63) is 35.4 Å². The number of halogens is 1. The minimum atomic E-state index is -0.859. The van der Waals surface area contributed by atoms with E-state index in [0.29, 0.717) is 6.42 Å². The first-order valence-electron chi connectivity index (χ1n) is 5.06. The first kappa shape index (κ1) is 14.9. The summed E-state index contributed by atoms with van der Waals surface area (Å²) in [4.78, 5) is 10.8. The third-order valence-electron chi connectivity index (χ3n) is 2.78. The number of hydrogen-bond acceptors (Lipinski definition) is 2. The Morgan fingerprint density at radius 2 is 2.00 bits per heavy atom. The molecule has 3 N–H and O–H groups in total. The number of benzene rings is 1. The summed E-state index contributed by atoms with van der Waals surface area (Å²) in [6, 6.07) is 7.67. The normalized spacial score (nSPS) is 13.7. The van der Waals surface area contributed by atoms with Gasteiger partial charge in [-0.15, -0.1) is 12.4 Å². The largest absolute Gasteiger partial charge is 0.481 e. The lowest BCUT2D eigenvalue weighted by molar-refractivity contribution is -0.138. The smallest absolute Gasteiger partial charge is 0.305 e. The molecule has 1 rings (SSSR count). The van der Waals surface area contributed by atoms with Gasteiger partial charge in [0.25, 0.3) is 0 Å². The number of aryl methyl sites for hydroxylation is 1. The van der Waals surface area contributed by atoms with Gasteiger partial charge in [-0.1, -0.05) is 31.2 Å². The molecule has 0 radical (unpaired) electrons. The predicted octanol–water partition coefficient (Wildman–Crippen LogP) is 2.46. The molecule has 1 atom stereocenters. The van der Waals surface area contributed by atoms with Crippen LogP contribution in [-0.2, 0) is 10.3 Å². The third kappa shape index (κ3) is 3.22. The first-order valence-corrected chi connectivity index (χ1v) is 5.06. The number of rotatable bonds is 4. The second-order valence-electron chi connectivity index (χ2n) is 3.90. The molecule has 1 aromatic carbocycles. The lowest BCUT2D eigenvalue weighted by Crippen LogP contribution is -2.39. The van der Waals surface area contributed by atoms with E-state index in [4.69, 9.17) is 10.8 Å². The van der Waals surface area contributed by atoms with Crippen molar-refractivity contribution >= 4 is 18.4 Å². The summed E-state index contributed by atoms with van der Waals surface area (Å²) in [6.45, 7) is 3.86. The third-order valence-corrected chi connectivity index (χ3v) is 2.78. The quantitative estimate of drug-likeness (QED) is 0.854. The van der Waals surface area contributed by atoms with E-state index in [-0.39, 0.29) is 18.8 Å². The van der Waals surface area contributed by atoms with Gasteiger partial charge in [0.05, 0.1) is 12.0 Å². The van der Waals surface area contributed by atoms with Crippen molar-refractivity contribution in [2.24, 2.45) is 5.73 Å². The van der Waals surface area contributed by atoms with E-state index in [0.717, 1.165) is 11.1 Å². The van der Waals surface area contributed by atoms with E-state index in [1.807, 2.05) is 38.1 Å². The van der Waals surface area contributed by atoms with Crippen LogP contribution in [0.25, 0.3) is 0 Å². The zero-order chi connectivity index (χ0) is 11.5. The lowest BCUT2D eigenvalue weighted by Gasteiger charge is -2.28. The number of carboxylic acid groups (broad SMARTS) is 1. The molecule has 0 amide bonds. The molecule has 0 heterocycles. The fourth-order valence-electron chi connectivity index (χ4n) is 1.81. The Hall–Kier alpha value is -1.06. The molecule has 3 nitrogen and oxygen atoms in total. The second-order valence-corrected chi connectivity index (χ2v) is 3.90. The summed E-state index contributed by atoms with van der Waals surface area (Å²) in [7, 11) is 0. The van der Waals surface area contributed by atoms with Gasteiger partial charge < -0.3 is 10.8 Å². The molecule has 0 bridgehead atoms. The summed E-state index contributed by atoms with van der Waals surface area (Å²) in [6.07, 6.45) is 0.582. The van der Waals surface area contributed by atoms with Gasteiger partial charge >= 0.3 is 5.97 Å². The average Bonchev–Trinajstić information content (AvgIpc) is 2.17. The van der Waals surface area contributed by atoms with Crippen molar-refractivity contribution in [3.63, 3.8) is 0 Å². The molecule has 16 heavy (non-hydrogen) atoms. The zero-order valence-corrected chi connectivity index (χ0v) is 10.4. The van der Waals surface area contributed by atoms with Gasteiger partial charge in [0.1, 0.15) is 0 Å². The van der Waals surface area contributed by atoms with Gasteiger partial charge in [-0.05, 0) is 24.5 Å². The summed E-state index contributed by atoms with van der Waals surface area (Å²) >= 11 is 0. The van der Waals surface area contributed by atoms with E-state index < -0.39 is 11.5 Å². The fourth-order valence-corrected chi connectivity index (χ4v) is 1.81. The molecule has 0 fully saturated rings. The predicted molar refractivity (Wildman–Crippen MR) is 66.8 cm³/mol. The van der Waals surface area contributed by atoms with Crippen molar-refractivity contribution in [3.8, 4) is 0 Å². The van der Waals surface area contributed by atoms with Gasteiger partial charge in [0, 0.05) is 0 Å². The Morgan fingerprint density at radius 1 is 1.44 bits per heavy atom. The van der Waals surface area contributed by atoms with Crippen LogP contribution in [-0.4, -0.2) is 11.1 Å². The molecule has 90 valence electrons. The van der Waals surface area contributed by atoms with Crippen molar-refractivity contribution in [1.29, 1.82) is 0 Å². The summed E-state index contributed by atoms with van der Waals surface area (Å²) in [5, 5.41) is 8.85. The fraction of sp³-hybridized carbons (Fsp3) is 0.417. The van der Waals surface area contributed by atoms with Crippen LogP contribution in [0.4, 0.5) is 0 Å². The van der Waals surface area contributed by atoms with Crippen LogP contribution in [0.3, 0.4) is 0 Å². The Bertz CT molecular complexity index is 368. The van der Waals surface area contributed by atoms with Crippen molar-refractivity contribution in [2.75, 3.05) is 0 Å². The molecule has 0 saturated carbocycles. The van der Waals surface area contributed by atoms with E-state index in [2.05, 4.69) is 0 Å². The number of hydrogen-bond donors (Lipinski definition) is 2. The standard InChI is InChI=1S/C12H17NO2.ClH/c1-3-12(13,8-11(14)15)10-7-5-4-6-9(10)2;/h4-7H,3,8,13H2,1-2H3,(H,14,15);1H/t12-;/m0./s1. The summed E-state index contributed by atoms with van der Waals surface area (Å²) in [5.41, 5.74) is 7.36. The molecule has 0 aliphatic carbocycles. The lowest BCUT2D eigenvalue weighted by atomic mass is 9.83. The van der Waals surface area contributed by atoms with Gasteiger partial charge in [0.2, 0.25) is 0 Å². The molecule has 0 aliphatic rings. The highest BCUT2D eigenvalue weighted by atomic mass is 35.5. The van der Waals surface area contributed by atoms with Gasteiger partial charge in [-0.25, -0.2) is 0 Å². The Morgan fingerprint density at radius 3 is 2.44 bits per heavy atom. The molecule has 0 saturated heterocycles. The average molecular weight is 244 g/mol. The van der Waals surface area contributed by atoms with Gasteiger partial charge in [-0.3, -0.25) is 4.79 Å². The second kappa shape index (κ2) is 5.87. The van der Waals surface area contributed by atoms with Crippen LogP contribution in [0.5, 0.6) is 0 Å². The van der Waals surface area contributed by atoms with Gasteiger partial charge in [0.15, 0.2) is 0 Å². The highest BCUT2D eigenvalue weighted by molar-refractivity contribution is 5.85. The maximum Gasteiger partial charge on any atom is 0.305 e. The Balaban J connectivity index is 0.00000225. The maximum absolute atomic E-state index is 10.8. The van der Waals surface area contributed by atoms with Gasteiger partial charge in [-0.2, -0.15) is 0 Å². The van der Waals surface area contributed by atoms with E-state index in [1.54, 1.807) is 0 Å². The zero-order valence-electron chi connectivity index (χ0n) is 9.56. The van der Waals surface area contributed by atoms with E-state index >= 15 is 0 Å². The number of carboxylic acids is 1. The first-order chi connectivity index (χ1) is 6.99. The summed E-state index contributed by atoms with van der Waals surface area (Å²) in [5.74, 6) is -0.859. The highest BCUT2D eigenvalue weighted by Crippen LogP contribution is 2.28. The SMILES string of the molecule is CC[C@](N)(CC(=O)O)c1ccccc1C.Cl. The number of nitrogens with two attached hydrogens (primary N) is 1. The van der Waals surface area contributed by atoms with Crippen molar-refractivity contribution in [2.45, 2.75) is 32.2 Å². The molecule has 0 aromatic heterocycles. The van der Waals surface area contributed by atoms with Crippen LogP contribution in [0.2, 0.25) is 0 Å². The molecule has 0 spiro atoms. The van der Waals surface area contributed by atoms with Crippen LogP contribution < -0.4 is 5.73 Å². The topological polar surface area (TPSA) is 63.3 Å². The Kier molecular flexibility index (Phi) is 5.48. The molecular weight excluding hydrogens is 226 g/mol. The molecule has 1 aromatic rings. The molecule has 0 unspecified atom stereocenters. The molecule has 4 heteroatoms. The van der Waals surface area contributed by atoms with Crippen LogP contribution in [0.1, 0.15) is 30.9 Å². The van der Waals surface area contributed by atoms with Crippen molar-refractivity contribution in [1.82, 2.24) is 0 Å². The summed E-state index contributed by atoms with van der Waals surface area (Å²) < 4.78 is 0. The number of carbonyl (C=O) groups is 1. The monoisotopic (exact) mass is 243 g/mol. The van der Waals surface area contributed by atoms with Crippen LogP contribution >= 0.6 is 12.4 Å². The minimum absolute atomic E-state index is 0. The Labute approximate surface area is 102 Å². The highest BCUT2D eigenvalue weighted by Gasteiger charge is 2.29. The van der Waals surface area contributed by atoms with Crippen LogP contribution in [0.15, 0.2) is 24.3 Å². The van der Waals surface area contributed by atoms with E-state index in [9.17, 15) is 4.79 Å². The molecule has 0 aliphatic heterocycles. The number of aliphatic carboxylic acids is 1. The van der Waals surface area contributed by atoms with Crippen molar-refractivity contribution < 1.29 is 9.90 Å². The van der Waals surface area contributed by atoms with Crippen LogP contribution in [0, 0.1) is 6.92 Å². The maximum atomic E-state index is 10.8. The minimum Gasteiger partial charge on any atom is -0.481 e. The van der Waals surface area contributed by atoms with E-state index in [1.165, 1.54) is 0 Å².